The molecule has 1 aliphatic rings. The molecule has 1 N–H and O–H groups in total. The first-order chi connectivity index (χ1) is 16.4. The van der Waals surface area contributed by atoms with Crippen LogP contribution in [-0.2, 0) is 19.1 Å². The van der Waals surface area contributed by atoms with E-state index in [4.69, 9.17) is 14.5 Å². The second-order valence-electron chi connectivity index (χ2n) is 8.00. The molecule has 0 fully saturated rings. The van der Waals surface area contributed by atoms with Gasteiger partial charge in [-0.05, 0) is 26.3 Å². The van der Waals surface area contributed by atoms with Gasteiger partial charge in [-0.25, -0.2) is 14.6 Å². The summed E-state index contributed by atoms with van der Waals surface area (Å²) in [5.74, 6) is -1.67. The number of aryl methyl sites for hydroxylation is 1. The number of rotatable bonds is 5. The van der Waals surface area contributed by atoms with E-state index in [0.29, 0.717) is 22.5 Å². The molecule has 0 saturated heterocycles. The Labute approximate surface area is 202 Å². The first-order valence-electron chi connectivity index (χ1n) is 10.8. The van der Waals surface area contributed by atoms with Gasteiger partial charge in [0.05, 0.1) is 37.0 Å². The molecular weight excluding hydrogens is 448 g/mol. The number of thiazole rings is 1. The number of hydrogen-bond donors (Lipinski definition) is 1. The van der Waals surface area contributed by atoms with E-state index in [9.17, 15) is 9.59 Å². The molecule has 6 nitrogen and oxygen atoms in total. The summed E-state index contributed by atoms with van der Waals surface area (Å²) in [4.78, 5) is 31.9. The lowest BCUT2D eigenvalue weighted by Crippen LogP contribution is -2.32. The summed E-state index contributed by atoms with van der Waals surface area (Å²) in [5, 5.41) is 3.96. The lowest BCUT2D eigenvalue weighted by molar-refractivity contribution is -0.137. The molecule has 0 saturated carbocycles. The summed E-state index contributed by atoms with van der Waals surface area (Å²) < 4.78 is 10.2. The van der Waals surface area contributed by atoms with E-state index < -0.39 is 17.9 Å². The number of ether oxygens (including phenoxy) is 2. The largest absolute Gasteiger partial charge is 0.466 e. The quantitative estimate of drug-likeness (QED) is 0.501. The molecule has 0 bridgehead atoms. The number of nitrogens with one attached hydrogen (secondary N) is 1. The fourth-order valence-electron chi connectivity index (χ4n) is 4.39. The van der Waals surface area contributed by atoms with Crippen molar-refractivity contribution < 1.29 is 19.1 Å². The number of hydrogen-bond acceptors (Lipinski definition) is 7. The minimum absolute atomic E-state index is 0.373. The predicted octanol–water partition coefficient (Wildman–Crippen LogP) is 5.37. The molecular formula is C27H26N2O4S. The highest BCUT2D eigenvalue weighted by Gasteiger charge is 2.39. The number of carbonyl (C=O) groups excluding carboxylic acids is 2. The molecule has 7 heteroatoms. The van der Waals surface area contributed by atoms with Crippen molar-refractivity contribution in [3.05, 3.63) is 87.6 Å². The summed E-state index contributed by atoms with van der Waals surface area (Å²) in [6, 6.07) is 17.8. The number of methoxy groups -OCH3 is 2. The van der Waals surface area contributed by atoms with Crippen molar-refractivity contribution in [3.8, 4) is 21.8 Å². The Bertz CT molecular complexity index is 1280. The van der Waals surface area contributed by atoms with Crippen molar-refractivity contribution in [1.29, 1.82) is 0 Å². The van der Waals surface area contributed by atoms with E-state index in [1.807, 2.05) is 61.5 Å². The van der Waals surface area contributed by atoms with Crippen molar-refractivity contribution >= 4 is 23.3 Å². The molecule has 0 radical (unpaired) electrons. The molecule has 0 amide bonds. The van der Waals surface area contributed by atoms with E-state index in [0.717, 1.165) is 32.3 Å². The Morgan fingerprint density at radius 2 is 1.41 bits per heavy atom. The molecule has 1 aromatic heterocycles. The fourth-order valence-corrected chi connectivity index (χ4v) is 5.37. The first kappa shape index (κ1) is 23.4. The maximum Gasteiger partial charge on any atom is 0.336 e. The molecule has 3 aromatic rings. The number of aromatic nitrogens is 1. The Morgan fingerprint density at radius 3 is 2.00 bits per heavy atom. The third-order valence-electron chi connectivity index (χ3n) is 5.92. The summed E-state index contributed by atoms with van der Waals surface area (Å²) in [6.07, 6.45) is 0. The van der Waals surface area contributed by atoms with Crippen molar-refractivity contribution in [3.63, 3.8) is 0 Å². The Hall–Kier alpha value is -3.71. The molecule has 0 aliphatic carbocycles. The molecule has 2 aromatic carbocycles. The zero-order chi connectivity index (χ0) is 24.4. The number of esters is 2. The summed E-state index contributed by atoms with van der Waals surface area (Å²) in [7, 11) is 2.68. The number of nitrogens with zero attached hydrogens (tertiary/aromatic N) is 1. The monoisotopic (exact) mass is 474 g/mol. The van der Waals surface area contributed by atoms with Crippen molar-refractivity contribution in [1.82, 2.24) is 10.3 Å². The maximum absolute atomic E-state index is 12.9. The van der Waals surface area contributed by atoms with Crippen LogP contribution in [0, 0.1) is 6.92 Å². The molecule has 2 heterocycles. The van der Waals surface area contributed by atoms with Crippen LogP contribution in [0.5, 0.6) is 0 Å². The smallest absolute Gasteiger partial charge is 0.336 e. The number of allylic oxidation sites excluding steroid dienone is 2. The predicted molar refractivity (Wildman–Crippen MR) is 133 cm³/mol. The number of dihydropyridines is 1. The van der Waals surface area contributed by atoms with Crippen LogP contribution in [0.4, 0.5) is 0 Å². The molecule has 174 valence electrons. The second kappa shape index (κ2) is 9.65. The summed E-state index contributed by atoms with van der Waals surface area (Å²) >= 11 is 1.58. The third kappa shape index (κ3) is 4.15. The summed E-state index contributed by atoms with van der Waals surface area (Å²) in [5.41, 5.74) is 5.62. The molecule has 34 heavy (non-hydrogen) atoms. The molecule has 1 aliphatic heterocycles. The van der Waals surface area contributed by atoms with E-state index in [-0.39, 0.29) is 0 Å². The van der Waals surface area contributed by atoms with Crippen LogP contribution < -0.4 is 5.32 Å². The fraction of sp³-hybridized carbons (Fsp3) is 0.222. The van der Waals surface area contributed by atoms with Gasteiger partial charge in [0.2, 0.25) is 0 Å². The highest BCUT2D eigenvalue weighted by Crippen LogP contribution is 2.44. The standard InChI is InChI=1S/C27H26N2O4S/c1-15-21(26(30)32-4)23(22(16(2)28-15)27(31)33-5)19-13-9-10-14-20(19)25-29-24(17(3)34-25)18-11-7-6-8-12-18/h6-14,23,28H,1-5H3. The van der Waals surface area contributed by atoms with Crippen molar-refractivity contribution in [2.24, 2.45) is 0 Å². The van der Waals surface area contributed by atoms with Crippen LogP contribution in [0.1, 0.15) is 30.2 Å². The topological polar surface area (TPSA) is 77.5 Å². The van der Waals surface area contributed by atoms with E-state index >= 15 is 0 Å². The van der Waals surface area contributed by atoms with Gasteiger partial charge in [0.1, 0.15) is 5.01 Å². The van der Waals surface area contributed by atoms with Gasteiger partial charge in [0.15, 0.2) is 0 Å². The highest BCUT2D eigenvalue weighted by molar-refractivity contribution is 7.15. The lowest BCUT2D eigenvalue weighted by Gasteiger charge is -2.31. The molecule has 0 atom stereocenters. The Kier molecular flexibility index (Phi) is 6.65. The SMILES string of the molecule is COC(=O)C1=C(C)NC(C)=C(C(=O)OC)C1c1ccccc1-c1nc(-c2ccccc2)c(C)s1. The van der Waals surface area contributed by atoms with Crippen LogP contribution in [0.25, 0.3) is 21.8 Å². The normalized spacial score (nSPS) is 14.1. The third-order valence-corrected chi connectivity index (χ3v) is 6.92. The minimum Gasteiger partial charge on any atom is -0.466 e. The minimum atomic E-state index is -0.665. The van der Waals surface area contributed by atoms with Gasteiger partial charge in [0.25, 0.3) is 0 Å². The van der Waals surface area contributed by atoms with Gasteiger partial charge in [0, 0.05) is 27.4 Å². The van der Waals surface area contributed by atoms with E-state index in [2.05, 4.69) is 5.32 Å². The van der Waals surface area contributed by atoms with Crippen LogP contribution in [0.2, 0.25) is 0 Å². The van der Waals surface area contributed by atoms with E-state index in [1.165, 1.54) is 14.2 Å². The van der Waals surface area contributed by atoms with Crippen LogP contribution in [-0.4, -0.2) is 31.1 Å². The summed E-state index contributed by atoms with van der Waals surface area (Å²) in [6.45, 7) is 5.66. The average molecular weight is 475 g/mol. The average Bonchev–Trinajstić information content (AvgIpc) is 3.24. The van der Waals surface area contributed by atoms with Crippen molar-refractivity contribution in [2.45, 2.75) is 26.7 Å². The zero-order valence-electron chi connectivity index (χ0n) is 19.8. The van der Waals surface area contributed by atoms with E-state index in [1.54, 1.807) is 25.2 Å². The van der Waals surface area contributed by atoms with Gasteiger partial charge in [-0.2, -0.15) is 0 Å². The van der Waals surface area contributed by atoms with Gasteiger partial charge in [-0.15, -0.1) is 11.3 Å². The maximum atomic E-state index is 12.9. The Morgan fingerprint density at radius 1 is 0.853 bits per heavy atom. The zero-order valence-corrected chi connectivity index (χ0v) is 20.6. The van der Waals surface area contributed by atoms with Gasteiger partial charge < -0.3 is 14.8 Å². The molecule has 4 rings (SSSR count). The van der Waals surface area contributed by atoms with Gasteiger partial charge >= 0.3 is 11.9 Å². The number of benzene rings is 2. The first-order valence-corrected chi connectivity index (χ1v) is 11.7. The number of carbonyl (C=O) groups is 2. The lowest BCUT2D eigenvalue weighted by atomic mass is 9.78. The second-order valence-corrected chi connectivity index (χ2v) is 9.20. The highest BCUT2D eigenvalue weighted by atomic mass is 32.1. The van der Waals surface area contributed by atoms with Crippen LogP contribution in [0.3, 0.4) is 0 Å². The van der Waals surface area contributed by atoms with Gasteiger partial charge in [-0.3, -0.25) is 0 Å². The molecule has 0 spiro atoms. The van der Waals surface area contributed by atoms with Crippen LogP contribution >= 0.6 is 11.3 Å². The van der Waals surface area contributed by atoms with Crippen LogP contribution in [0.15, 0.2) is 77.1 Å². The van der Waals surface area contributed by atoms with Crippen molar-refractivity contribution in [2.75, 3.05) is 14.2 Å². The Balaban J connectivity index is 1.93. The molecule has 0 unspecified atom stereocenters. The van der Waals surface area contributed by atoms with Gasteiger partial charge in [-0.1, -0.05) is 54.6 Å².